The highest BCUT2D eigenvalue weighted by Crippen LogP contribution is 2.24. The molecule has 0 bridgehead atoms. The Hall–Kier alpha value is -1.32. The van der Waals surface area contributed by atoms with Gasteiger partial charge >= 0.3 is 5.97 Å². The lowest BCUT2D eigenvalue weighted by atomic mass is 9.96. The van der Waals surface area contributed by atoms with Gasteiger partial charge in [-0.15, -0.1) is 0 Å². The van der Waals surface area contributed by atoms with Crippen LogP contribution in [0.5, 0.6) is 0 Å². The summed E-state index contributed by atoms with van der Waals surface area (Å²) in [6.45, 7) is 1.31. The third kappa shape index (κ3) is 3.12. The van der Waals surface area contributed by atoms with Crippen LogP contribution in [-0.4, -0.2) is 37.0 Å². The zero-order valence-corrected chi connectivity index (χ0v) is 10.9. The number of ether oxygens (including phenoxy) is 1. The minimum atomic E-state index is -0.187. The van der Waals surface area contributed by atoms with Gasteiger partial charge in [-0.25, -0.2) is 0 Å². The first-order chi connectivity index (χ1) is 8.70. The Morgan fingerprint density at radius 3 is 2.89 bits per heavy atom. The van der Waals surface area contributed by atoms with E-state index in [1.54, 1.807) is 0 Å². The van der Waals surface area contributed by atoms with Crippen LogP contribution in [0.25, 0.3) is 0 Å². The van der Waals surface area contributed by atoms with Crippen LogP contribution in [0, 0.1) is 11.8 Å². The predicted molar refractivity (Wildman–Crippen MR) is 67.8 cm³/mol. The molecular formula is C14H21NO3. The summed E-state index contributed by atoms with van der Waals surface area (Å²) in [6, 6.07) is 0. The number of amides is 1. The van der Waals surface area contributed by atoms with Gasteiger partial charge in [-0.1, -0.05) is 12.2 Å². The van der Waals surface area contributed by atoms with Gasteiger partial charge in [-0.05, 0) is 31.6 Å². The van der Waals surface area contributed by atoms with Crippen LogP contribution >= 0.6 is 0 Å². The maximum absolute atomic E-state index is 12.2. The number of esters is 1. The van der Waals surface area contributed by atoms with Gasteiger partial charge in [0.25, 0.3) is 0 Å². The first-order valence-electron chi connectivity index (χ1n) is 6.73. The fourth-order valence-corrected chi connectivity index (χ4v) is 2.78. The van der Waals surface area contributed by atoms with Gasteiger partial charge in [0.05, 0.1) is 13.0 Å². The zero-order chi connectivity index (χ0) is 13.0. The maximum atomic E-state index is 12.2. The summed E-state index contributed by atoms with van der Waals surface area (Å²) in [4.78, 5) is 25.5. The molecule has 1 amide bonds. The quantitative estimate of drug-likeness (QED) is 0.567. The van der Waals surface area contributed by atoms with Crippen LogP contribution < -0.4 is 0 Å². The van der Waals surface area contributed by atoms with Gasteiger partial charge in [0.15, 0.2) is 0 Å². The lowest BCUT2D eigenvalue weighted by Gasteiger charge is -2.32. The highest BCUT2D eigenvalue weighted by Gasteiger charge is 2.29. The molecule has 0 N–H and O–H groups in total. The molecule has 1 heterocycles. The standard InChI is InChI=1S/C14H21NO3/c1-18-14(17)12-7-4-8-15(10-12)13(16)9-11-5-2-3-6-11/h2,5,11-12H,3-4,6-10H2,1H3/t11?,12-/m0/s1. The lowest BCUT2D eigenvalue weighted by molar-refractivity contribution is -0.149. The van der Waals surface area contributed by atoms with E-state index in [0.717, 1.165) is 32.2 Å². The summed E-state index contributed by atoms with van der Waals surface area (Å²) in [5, 5.41) is 0. The van der Waals surface area contributed by atoms with Crippen molar-refractivity contribution >= 4 is 11.9 Å². The Balaban J connectivity index is 1.85. The molecule has 0 aromatic carbocycles. The summed E-state index contributed by atoms with van der Waals surface area (Å²) in [5.41, 5.74) is 0. The molecule has 2 atom stereocenters. The Labute approximate surface area is 108 Å². The molecule has 0 aromatic rings. The topological polar surface area (TPSA) is 46.6 Å². The molecule has 0 saturated carbocycles. The largest absolute Gasteiger partial charge is 0.469 e. The highest BCUT2D eigenvalue weighted by atomic mass is 16.5. The van der Waals surface area contributed by atoms with E-state index in [9.17, 15) is 9.59 Å². The molecule has 0 aromatic heterocycles. The van der Waals surface area contributed by atoms with Crippen molar-refractivity contribution in [2.24, 2.45) is 11.8 Å². The van der Waals surface area contributed by atoms with Crippen molar-refractivity contribution in [1.82, 2.24) is 4.90 Å². The summed E-state index contributed by atoms with van der Waals surface area (Å²) in [7, 11) is 1.41. The second-order valence-electron chi connectivity index (χ2n) is 5.17. The summed E-state index contributed by atoms with van der Waals surface area (Å²) >= 11 is 0. The normalized spacial score (nSPS) is 27.3. The monoisotopic (exact) mass is 251 g/mol. The first kappa shape index (κ1) is 13.1. The SMILES string of the molecule is COC(=O)[C@H]1CCCN(C(=O)CC2C=CCC2)C1. The number of nitrogens with zero attached hydrogens (tertiary/aromatic N) is 1. The molecule has 2 rings (SSSR count). The van der Waals surface area contributed by atoms with Crippen molar-refractivity contribution in [1.29, 1.82) is 0 Å². The number of hydrogen-bond acceptors (Lipinski definition) is 3. The zero-order valence-electron chi connectivity index (χ0n) is 10.9. The summed E-state index contributed by atoms with van der Waals surface area (Å²) in [6.07, 6.45) is 8.77. The molecule has 1 saturated heterocycles. The van der Waals surface area contributed by atoms with Crippen molar-refractivity contribution in [3.05, 3.63) is 12.2 Å². The van der Waals surface area contributed by atoms with Crippen LogP contribution in [0.4, 0.5) is 0 Å². The second-order valence-corrected chi connectivity index (χ2v) is 5.17. The van der Waals surface area contributed by atoms with Crippen LogP contribution in [0.2, 0.25) is 0 Å². The molecule has 2 aliphatic rings. The number of allylic oxidation sites excluding steroid dienone is 2. The van der Waals surface area contributed by atoms with Crippen LogP contribution in [0.15, 0.2) is 12.2 Å². The van der Waals surface area contributed by atoms with E-state index in [-0.39, 0.29) is 17.8 Å². The molecule has 0 spiro atoms. The van der Waals surface area contributed by atoms with Crippen molar-refractivity contribution in [3.63, 3.8) is 0 Å². The van der Waals surface area contributed by atoms with E-state index >= 15 is 0 Å². The van der Waals surface area contributed by atoms with Crippen molar-refractivity contribution < 1.29 is 14.3 Å². The fraction of sp³-hybridized carbons (Fsp3) is 0.714. The van der Waals surface area contributed by atoms with Crippen LogP contribution in [-0.2, 0) is 14.3 Å². The minimum absolute atomic E-state index is 0.133. The summed E-state index contributed by atoms with van der Waals surface area (Å²) in [5.74, 6) is 0.260. The average molecular weight is 251 g/mol. The predicted octanol–water partition coefficient (Wildman–Crippen LogP) is 1.75. The van der Waals surface area contributed by atoms with Crippen molar-refractivity contribution in [2.45, 2.75) is 32.1 Å². The molecule has 0 radical (unpaired) electrons. The molecule has 1 aliphatic heterocycles. The van der Waals surface area contributed by atoms with E-state index in [1.807, 2.05) is 4.90 Å². The van der Waals surface area contributed by atoms with Crippen molar-refractivity contribution in [3.8, 4) is 0 Å². The lowest BCUT2D eigenvalue weighted by Crippen LogP contribution is -2.43. The van der Waals surface area contributed by atoms with E-state index in [0.29, 0.717) is 18.9 Å². The van der Waals surface area contributed by atoms with Gasteiger partial charge in [0, 0.05) is 19.5 Å². The molecule has 1 fully saturated rings. The van der Waals surface area contributed by atoms with Crippen molar-refractivity contribution in [2.75, 3.05) is 20.2 Å². The number of piperidine rings is 1. The second kappa shape index (κ2) is 6.03. The van der Waals surface area contributed by atoms with E-state index in [1.165, 1.54) is 7.11 Å². The maximum Gasteiger partial charge on any atom is 0.310 e. The van der Waals surface area contributed by atoms with E-state index in [4.69, 9.17) is 4.74 Å². The molecule has 100 valence electrons. The molecule has 1 unspecified atom stereocenters. The summed E-state index contributed by atoms with van der Waals surface area (Å²) < 4.78 is 4.76. The molecule has 18 heavy (non-hydrogen) atoms. The minimum Gasteiger partial charge on any atom is -0.469 e. The number of carbonyl (C=O) groups excluding carboxylic acids is 2. The number of likely N-dealkylation sites (tertiary alicyclic amines) is 1. The fourth-order valence-electron chi connectivity index (χ4n) is 2.78. The Morgan fingerprint density at radius 2 is 2.22 bits per heavy atom. The first-order valence-corrected chi connectivity index (χ1v) is 6.73. The smallest absolute Gasteiger partial charge is 0.310 e. The molecule has 4 nitrogen and oxygen atoms in total. The highest BCUT2D eigenvalue weighted by molar-refractivity contribution is 5.78. The van der Waals surface area contributed by atoms with Gasteiger partial charge in [-0.3, -0.25) is 9.59 Å². The Kier molecular flexibility index (Phi) is 4.39. The van der Waals surface area contributed by atoms with Crippen LogP contribution in [0.3, 0.4) is 0 Å². The van der Waals surface area contributed by atoms with E-state index < -0.39 is 0 Å². The average Bonchev–Trinajstić information content (AvgIpc) is 2.90. The van der Waals surface area contributed by atoms with Crippen LogP contribution in [0.1, 0.15) is 32.1 Å². The number of carbonyl (C=O) groups is 2. The third-order valence-electron chi connectivity index (χ3n) is 3.86. The molecule has 4 heteroatoms. The molecular weight excluding hydrogens is 230 g/mol. The Morgan fingerprint density at radius 1 is 1.39 bits per heavy atom. The number of hydrogen-bond donors (Lipinski definition) is 0. The van der Waals surface area contributed by atoms with Gasteiger partial charge < -0.3 is 9.64 Å². The van der Waals surface area contributed by atoms with Gasteiger partial charge in [-0.2, -0.15) is 0 Å². The Bertz CT molecular complexity index is 351. The van der Waals surface area contributed by atoms with Gasteiger partial charge in [0.1, 0.15) is 0 Å². The third-order valence-corrected chi connectivity index (χ3v) is 3.86. The van der Waals surface area contributed by atoms with E-state index in [2.05, 4.69) is 12.2 Å². The number of methoxy groups -OCH3 is 1. The molecule has 1 aliphatic carbocycles. The number of rotatable bonds is 3. The van der Waals surface area contributed by atoms with Gasteiger partial charge in [0.2, 0.25) is 5.91 Å².